The Morgan fingerprint density at radius 2 is 2.50 bits per heavy atom. The van der Waals surface area contributed by atoms with Crippen LogP contribution in [0.1, 0.15) is 24.6 Å². The van der Waals surface area contributed by atoms with Crippen molar-refractivity contribution in [2.75, 3.05) is 13.2 Å². The van der Waals surface area contributed by atoms with Crippen molar-refractivity contribution in [3.8, 4) is 0 Å². The van der Waals surface area contributed by atoms with E-state index in [1.165, 1.54) is 0 Å². The molecule has 0 radical (unpaired) electrons. The van der Waals surface area contributed by atoms with Crippen molar-refractivity contribution in [2.24, 2.45) is 7.05 Å². The molecule has 1 aliphatic heterocycles. The number of ether oxygens (including phenoxy) is 1. The number of nitrogens with zero attached hydrogens (tertiary/aromatic N) is 2. The number of amides is 2. The largest absolute Gasteiger partial charge is 0.379 e. The van der Waals surface area contributed by atoms with Gasteiger partial charge in [0, 0.05) is 32.0 Å². The summed E-state index contributed by atoms with van der Waals surface area (Å²) in [5.74, 6) is 0. The standard InChI is InChI=1S/C12H20N4O2/c1-3-11-9(7-16(2)15-11)6-13-12(17)14-10-4-5-18-8-10/h7,10H,3-6,8H2,1-2H3,(H2,13,14,17). The summed E-state index contributed by atoms with van der Waals surface area (Å²) in [6.45, 7) is 3.91. The lowest BCUT2D eigenvalue weighted by Gasteiger charge is -2.11. The molecule has 1 fully saturated rings. The van der Waals surface area contributed by atoms with Crippen molar-refractivity contribution in [3.63, 3.8) is 0 Å². The van der Waals surface area contributed by atoms with Gasteiger partial charge in [0.05, 0.1) is 18.3 Å². The van der Waals surface area contributed by atoms with E-state index >= 15 is 0 Å². The van der Waals surface area contributed by atoms with Crippen LogP contribution in [0.3, 0.4) is 0 Å². The summed E-state index contributed by atoms with van der Waals surface area (Å²) in [6.07, 6.45) is 3.70. The van der Waals surface area contributed by atoms with Crippen LogP contribution in [0.15, 0.2) is 6.20 Å². The van der Waals surface area contributed by atoms with Gasteiger partial charge in [0.15, 0.2) is 0 Å². The smallest absolute Gasteiger partial charge is 0.315 e. The van der Waals surface area contributed by atoms with Crippen LogP contribution in [0.5, 0.6) is 0 Å². The number of hydrogen-bond acceptors (Lipinski definition) is 3. The van der Waals surface area contributed by atoms with Crippen molar-refractivity contribution >= 4 is 6.03 Å². The Kier molecular flexibility index (Phi) is 4.19. The van der Waals surface area contributed by atoms with Gasteiger partial charge < -0.3 is 15.4 Å². The molecule has 1 aromatic heterocycles. The number of aryl methyl sites for hydroxylation is 2. The lowest BCUT2D eigenvalue weighted by Crippen LogP contribution is -2.42. The van der Waals surface area contributed by atoms with E-state index in [1.54, 1.807) is 4.68 Å². The highest BCUT2D eigenvalue weighted by Gasteiger charge is 2.17. The monoisotopic (exact) mass is 252 g/mol. The highest BCUT2D eigenvalue weighted by Crippen LogP contribution is 2.07. The van der Waals surface area contributed by atoms with E-state index in [0.717, 1.165) is 30.7 Å². The Balaban J connectivity index is 1.81. The average molecular weight is 252 g/mol. The molecular weight excluding hydrogens is 232 g/mol. The normalized spacial score (nSPS) is 18.9. The minimum atomic E-state index is -0.142. The number of aromatic nitrogens is 2. The van der Waals surface area contributed by atoms with Crippen LogP contribution >= 0.6 is 0 Å². The molecule has 2 N–H and O–H groups in total. The molecule has 1 aliphatic rings. The molecule has 1 unspecified atom stereocenters. The molecule has 0 bridgehead atoms. The molecule has 2 heterocycles. The summed E-state index contributed by atoms with van der Waals surface area (Å²) in [5.41, 5.74) is 2.10. The molecule has 0 aliphatic carbocycles. The summed E-state index contributed by atoms with van der Waals surface area (Å²) in [5, 5.41) is 10.1. The van der Waals surface area contributed by atoms with Gasteiger partial charge in [0.25, 0.3) is 0 Å². The minimum absolute atomic E-state index is 0.142. The van der Waals surface area contributed by atoms with E-state index in [-0.39, 0.29) is 12.1 Å². The van der Waals surface area contributed by atoms with Crippen LogP contribution in [-0.4, -0.2) is 35.1 Å². The highest BCUT2D eigenvalue weighted by molar-refractivity contribution is 5.74. The van der Waals surface area contributed by atoms with Gasteiger partial charge in [-0.25, -0.2) is 4.79 Å². The first-order chi connectivity index (χ1) is 8.69. The molecule has 1 atom stereocenters. The van der Waals surface area contributed by atoms with Gasteiger partial charge in [-0.3, -0.25) is 4.68 Å². The topological polar surface area (TPSA) is 68.2 Å². The first kappa shape index (κ1) is 12.9. The quantitative estimate of drug-likeness (QED) is 0.823. The van der Waals surface area contributed by atoms with E-state index < -0.39 is 0 Å². The maximum atomic E-state index is 11.7. The molecule has 2 amide bonds. The Morgan fingerprint density at radius 1 is 1.67 bits per heavy atom. The fourth-order valence-electron chi connectivity index (χ4n) is 2.09. The van der Waals surface area contributed by atoms with Crippen molar-refractivity contribution in [1.29, 1.82) is 0 Å². The Hall–Kier alpha value is -1.56. The summed E-state index contributed by atoms with van der Waals surface area (Å²) < 4.78 is 6.98. The first-order valence-electron chi connectivity index (χ1n) is 6.32. The van der Waals surface area contributed by atoms with Crippen LogP contribution in [-0.2, 0) is 24.8 Å². The number of nitrogens with one attached hydrogen (secondary N) is 2. The number of hydrogen-bond donors (Lipinski definition) is 2. The zero-order valence-electron chi connectivity index (χ0n) is 10.9. The second-order valence-electron chi connectivity index (χ2n) is 4.52. The van der Waals surface area contributed by atoms with Gasteiger partial charge >= 0.3 is 6.03 Å². The number of carbonyl (C=O) groups excluding carboxylic acids is 1. The van der Waals surface area contributed by atoms with Gasteiger partial charge in [-0.15, -0.1) is 0 Å². The summed E-state index contributed by atoms with van der Waals surface area (Å²) in [7, 11) is 1.89. The van der Waals surface area contributed by atoms with Crippen molar-refractivity contribution in [1.82, 2.24) is 20.4 Å². The summed E-state index contributed by atoms with van der Waals surface area (Å²) in [4.78, 5) is 11.7. The SMILES string of the molecule is CCc1nn(C)cc1CNC(=O)NC1CCOC1. The molecule has 2 rings (SSSR count). The average Bonchev–Trinajstić information content (AvgIpc) is 2.95. The van der Waals surface area contributed by atoms with E-state index in [4.69, 9.17) is 4.74 Å². The number of carbonyl (C=O) groups is 1. The Morgan fingerprint density at radius 3 is 3.17 bits per heavy atom. The van der Waals surface area contributed by atoms with E-state index in [0.29, 0.717) is 13.2 Å². The predicted octanol–water partition coefficient (Wildman–Crippen LogP) is 0.571. The van der Waals surface area contributed by atoms with Crippen molar-refractivity contribution in [2.45, 2.75) is 32.4 Å². The Labute approximate surface area is 107 Å². The fourth-order valence-corrected chi connectivity index (χ4v) is 2.09. The fraction of sp³-hybridized carbons (Fsp3) is 0.667. The third-order valence-electron chi connectivity index (χ3n) is 3.03. The molecule has 0 aromatic carbocycles. The zero-order chi connectivity index (χ0) is 13.0. The lowest BCUT2D eigenvalue weighted by atomic mass is 10.2. The first-order valence-corrected chi connectivity index (χ1v) is 6.32. The van der Waals surface area contributed by atoms with Crippen LogP contribution in [0.25, 0.3) is 0 Å². The lowest BCUT2D eigenvalue weighted by molar-refractivity contribution is 0.188. The van der Waals surface area contributed by atoms with Crippen LogP contribution < -0.4 is 10.6 Å². The molecule has 1 saturated heterocycles. The van der Waals surface area contributed by atoms with Crippen LogP contribution in [0, 0.1) is 0 Å². The maximum absolute atomic E-state index is 11.7. The Bertz CT molecular complexity index is 410. The zero-order valence-corrected chi connectivity index (χ0v) is 10.9. The molecule has 0 saturated carbocycles. The third kappa shape index (κ3) is 3.22. The van der Waals surface area contributed by atoms with Gasteiger partial charge in [-0.1, -0.05) is 6.92 Å². The van der Waals surface area contributed by atoms with E-state index in [1.807, 2.05) is 13.2 Å². The molecule has 6 heteroatoms. The van der Waals surface area contributed by atoms with E-state index in [2.05, 4.69) is 22.7 Å². The molecule has 1 aromatic rings. The van der Waals surface area contributed by atoms with Crippen LogP contribution in [0.2, 0.25) is 0 Å². The van der Waals surface area contributed by atoms with Crippen molar-refractivity contribution < 1.29 is 9.53 Å². The maximum Gasteiger partial charge on any atom is 0.315 e. The molecule has 18 heavy (non-hydrogen) atoms. The molecule has 0 spiro atoms. The number of urea groups is 1. The minimum Gasteiger partial charge on any atom is -0.379 e. The number of rotatable bonds is 4. The summed E-state index contributed by atoms with van der Waals surface area (Å²) >= 11 is 0. The van der Waals surface area contributed by atoms with Crippen LogP contribution in [0.4, 0.5) is 4.79 Å². The van der Waals surface area contributed by atoms with Gasteiger partial charge in [0.1, 0.15) is 0 Å². The summed E-state index contributed by atoms with van der Waals surface area (Å²) in [6, 6.07) is 0.000880. The second-order valence-corrected chi connectivity index (χ2v) is 4.52. The van der Waals surface area contributed by atoms with Gasteiger partial charge in [-0.05, 0) is 12.8 Å². The van der Waals surface area contributed by atoms with E-state index in [9.17, 15) is 4.79 Å². The molecular formula is C12H20N4O2. The van der Waals surface area contributed by atoms with Gasteiger partial charge in [-0.2, -0.15) is 5.10 Å². The van der Waals surface area contributed by atoms with Gasteiger partial charge in [0.2, 0.25) is 0 Å². The molecule has 100 valence electrons. The van der Waals surface area contributed by atoms with Crippen molar-refractivity contribution in [3.05, 3.63) is 17.5 Å². The second kappa shape index (κ2) is 5.86. The highest BCUT2D eigenvalue weighted by atomic mass is 16.5. The molecule has 6 nitrogen and oxygen atoms in total. The predicted molar refractivity (Wildman–Crippen MR) is 67.2 cm³/mol. The third-order valence-corrected chi connectivity index (χ3v) is 3.03.